The van der Waals surface area contributed by atoms with Crippen LogP contribution in [0.25, 0.3) is 22.1 Å². The summed E-state index contributed by atoms with van der Waals surface area (Å²) >= 11 is 18.2. The van der Waals surface area contributed by atoms with Gasteiger partial charge in [0.15, 0.2) is 10.8 Å². The molecule has 3 aromatic heterocycles. The van der Waals surface area contributed by atoms with Crippen molar-refractivity contribution in [1.29, 1.82) is 0 Å². The summed E-state index contributed by atoms with van der Waals surface area (Å²) in [5, 5.41) is 14.4. The van der Waals surface area contributed by atoms with Crippen LogP contribution in [-0.4, -0.2) is 36.4 Å². The number of hydrogen-bond donors (Lipinski definition) is 1. The number of halogens is 3. The molecule has 0 radical (unpaired) electrons. The third-order valence-electron chi connectivity index (χ3n) is 5.04. The largest absolute Gasteiger partial charge is 0.327 e. The van der Waals surface area contributed by atoms with Crippen molar-refractivity contribution in [3.63, 3.8) is 0 Å². The molecule has 34 heavy (non-hydrogen) atoms. The molecule has 0 spiro atoms. The Labute approximate surface area is 221 Å². The lowest BCUT2D eigenvalue weighted by Crippen LogP contribution is -2.14. The molecule has 0 unspecified atom stereocenters. The number of thioether (sulfide) groups is 1. The van der Waals surface area contributed by atoms with Crippen LogP contribution in [0, 0.1) is 0 Å². The molecule has 0 saturated carbocycles. The van der Waals surface area contributed by atoms with Crippen LogP contribution in [0.1, 0.15) is 10.4 Å². The standard InChI is InChI=1S/C22H15BrCl2N6OS2/c1-31-17-5-3-12(23)8-14(17)19-20(31)28-22(30-29-19)33-10-18(32)27-21-26-9-13(34-21)6-11-2-4-15(24)16(25)7-11/h2-5,7-9H,6,10H2,1H3,(H,26,27,32). The van der Waals surface area contributed by atoms with Gasteiger partial charge in [0, 0.05) is 34.4 Å². The number of fused-ring (bicyclic) bond motifs is 3. The first kappa shape index (κ1) is 23.5. The molecule has 172 valence electrons. The maximum absolute atomic E-state index is 12.5. The number of benzene rings is 2. The first-order chi connectivity index (χ1) is 16.4. The number of amides is 1. The molecule has 0 atom stereocenters. The summed E-state index contributed by atoms with van der Waals surface area (Å²) in [6.45, 7) is 0. The Kier molecular flexibility index (Phi) is 6.76. The number of nitrogens with zero attached hydrogens (tertiary/aromatic N) is 5. The highest BCUT2D eigenvalue weighted by Gasteiger charge is 2.15. The highest BCUT2D eigenvalue weighted by molar-refractivity contribution is 9.10. The molecule has 12 heteroatoms. The zero-order valence-electron chi connectivity index (χ0n) is 17.6. The van der Waals surface area contributed by atoms with E-state index >= 15 is 0 Å². The number of hydrogen-bond acceptors (Lipinski definition) is 7. The van der Waals surface area contributed by atoms with E-state index in [1.165, 1.54) is 23.1 Å². The third-order valence-corrected chi connectivity index (χ3v) is 8.02. The number of aromatic nitrogens is 5. The zero-order valence-corrected chi connectivity index (χ0v) is 22.3. The summed E-state index contributed by atoms with van der Waals surface area (Å²) < 4.78 is 2.94. The molecule has 1 amide bonds. The minimum Gasteiger partial charge on any atom is -0.327 e. The summed E-state index contributed by atoms with van der Waals surface area (Å²) in [5.74, 6) is -0.0465. The monoisotopic (exact) mass is 592 g/mol. The maximum Gasteiger partial charge on any atom is 0.236 e. The Morgan fingerprint density at radius 3 is 2.85 bits per heavy atom. The van der Waals surface area contributed by atoms with E-state index in [0.717, 1.165) is 37.0 Å². The van der Waals surface area contributed by atoms with Crippen molar-refractivity contribution in [2.75, 3.05) is 11.1 Å². The molecule has 1 N–H and O–H groups in total. The molecular weight excluding hydrogens is 579 g/mol. The summed E-state index contributed by atoms with van der Waals surface area (Å²) in [6.07, 6.45) is 2.40. The van der Waals surface area contributed by atoms with Crippen LogP contribution in [0.4, 0.5) is 5.13 Å². The van der Waals surface area contributed by atoms with E-state index in [4.69, 9.17) is 23.2 Å². The van der Waals surface area contributed by atoms with Gasteiger partial charge in [0.2, 0.25) is 11.1 Å². The fraction of sp³-hybridized carbons (Fsp3) is 0.136. The van der Waals surface area contributed by atoms with Crippen LogP contribution in [0.3, 0.4) is 0 Å². The lowest BCUT2D eigenvalue weighted by Gasteiger charge is -2.02. The third kappa shape index (κ3) is 4.92. The molecule has 2 aromatic carbocycles. The molecule has 3 heterocycles. The summed E-state index contributed by atoms with van der Waals surface area (Å²) in [6, 6.07) is 11.5. The Morgan fingerprint density at radius 1 is 1.18 bits per heavy atom. The molecule has 0 bridgehead atoms. The van der Waals surface area contributed by atoms with Crippen LogP contribution >= 0.6 is 62.2 Å². The van der Waals surface area contributed by atoms with E-state index in [1.54, 1.807) is 12.3 Å². The Bertz CT molecular complexity index is 1550. The van der Waals surface area contributed by atoms with E-state index in [9.17, 15) is 4.79 Å². The van der Waals surface area contributed by atoms with E-state index < -0.39 is 0 Å². The second-order valence-electron chi connectivity index (χ2n) is 7.38. The van der Waals surface area contributed by atoms with Crippen LogP contribution in [0.5, 0.6) is 0 Å². The van der Waals surface area contributed by atoms with Crippen LogP contribution < -0.4 is 5.32 Å². The molecule has 5 rings (SSSR count). The Hall–Kier alpha value is -2.24. The smallest absolute Gasteiger partial charge is 0.236 e. The highest BCUT2D eigenvalue weighted by atomic mass is 79.9. The van der Waals surface area contributed by atoms with E-state index in [1.807, 2.05) is 41.9 Å². The van der Waals surface area contributed by atoms with Gasteiger partial charge >= 0.3 is 0 Å². The van der Waals surface area contributed by atoms with E-state index in [0.29, 0.717) is 26.8 Å². The first-order valence-corrected chi connectivity index (χ1v) is 13.3. The van der Waals surface area contributed by atoms with Gasteiger partial charge in [-0.2, -0.15) is 0 Å². The van der Waals surface area contributed by atoms with Crippen molar-refractivity contribution in [3.05, 3.63) is 67.6 Å². The van der Waals surface area contributed by atoms with E-state index in [-0.39, 0.29) is 11.7 Å². The normalized spacial score (nSPS) is 11.4. The first-order valence-electron chi connectivity index (χ1n) is 9.97. The SMILES string of the molecule is Cn1c2ccc(Br)cc2c2nnc(SCC(=O)Nc3ncc(Cc4ccc(Cl)c(Cl)c4)s3)nc21. The molecule has 5 aromatic rings. The van der Waals surface area contributed by atoms with Gasteiger partial charge in [0.1, 0.15) is 5.52 Å². The molecule has 0 saturated heterocycles. The second kappa shape index (κ2) is 9.79. The maximum atomic E-state index is 12.5. The fourth-order valence-corrected chi connectivity index (χ4v) is 5.59. The number of carbonyl (C=O) groups excluding carboxylic acids is 1. The number of aryl methyl sites for hydroxylation is 1. The number of thiazole rings is 1. The van der Waals surface area contributed by atoms with Gasteiger partial charge in [-0.15, -0.1) is 21.5 Å². The Balaban J connectivity index is 1.23. The molecule has 0 aliphatic heterocycles. The van der Waals surface area contributed by atoms with Crippen LogP contribution in [0.2, 0.25) is 10.0 Å². The lowest BCUT2D eigenvalue weighted by molar-refractivity contribution is -0.113. The fourth-order valence-electron chi connectivity index (χ4n) is 3.46. The molecule has 0 fully saturated rings. The van der Waals surface area contributed by atoms with Gasteiger partial charge in [0.05, 0.1) is 21.3 Å². The van der Waals surface area contributed by atoms with Crippen molar-refractivity contribution in [1.82, 2.24) is 24.7 Å². The number of rotatable bonds is 6. The topological polar surface area (TPSA) is 85.6 Å². The summed E-state index contributed by atoms with van der Waals surface area (Å²) in [5.41, 5.74) is 3.48. The summed E-state index contributed by atoms with van der Waals surface area (Å²) in [4.78, 5) is 22.4. The molecule has 0 aliphatic carbocycles. The predicted molar refractivity (Wildman–Crippen MR) is 142 cm³/mol. The van der Waals surface area contributed by atoms with E-state index in [2.05, 4.69) is 41.4 Å². The molecule has 0 aliphatic rings. The predicted octanol–water partition coefficient (Wildman–Crippen LogP) is 6.36. The summed E-state index contributed by atoms with van der Waals surface area (Å²) in [7, 11) is 1.94. The molecular formula is C22H15BrCl2N6OS2. The molecule has 7 nitrogen and oxygen atoms in total. The van der Waals surface area contributed by atoms with Crippen molar-refractivity contribution in [3.8, 4) is 0 Å². The number of nitrogens with one attached hydrogen (secondary N) is 1. The van der Waals surface area contributed by atoms with Gasteiger partial charge in [0.25, 0.3) is 0 Å². The minimum absolute atomic E-state index is 0.143. The van der Waals surface area contributed by atoms with Crippen molar-refractivity contribution in [2.45, 2.75) is 11.6 Å². The van der Waals surface area contributed by atoms with Gasteiger partial charge in [-0.3, -0.25) is 4.79 Å². The van der Waals surface area contributed by atoms with Crippen LogP contribution in [0.15, 0.2) is 52.2 Å². The van der Waals surface area contributed by atoms with Gasteiger partial charge < -0.3 is 9.88 Å². The zero-order chi connectivity index (χ0) is 23.8. The highest BCUT2D eigenvalue weighted by Crippen LogP contribution is 2.29. The average Bonchev–Trinajstić information content (AvgIpc) is 3.36. The van der Waals surface area contributed by atoms with Crippen molar-refractivity contribution in [2.24, 2.45) is 7.05 Å². The average molecular weight is 594 g/mol. The van der Waals surface area contributed by atoms with Crippen molar-refractivity contribution < 1.29 is 4.79 Å². The Morgan fingerprint density at radius 2 is 2.03 bits per heavy atom. The van der Waals surface area contributed by atoms with Gasteiger partial charge in [-0.25, -0.2) is 9.97 Å². The number of anilines is 1. The number of carbonyl (C=O) groups is 1. The van der Waals surface area contributed by atoms with Gasteiger partial charge in [-0.1, -0.05) is 57.0 Å². The lowest BCUT2D eigenvalue weighted by atomic mass is 10.1. The minimum atomic E-state index is -0.190. The second-order valence-corrected chi connectivity index (χ2v) is 11.2. The van der Waals surface area contributed by atoms with Crippen LogP contribution in [-0.2, 0) is 18.3 Å². The van der Waals surface area contributed by atoms with Crippen molar-refractivity contribution >= 4 is 95.3 Å². The van der Waals surface area contributed by atoms with Gasteiger partial charge in [-0.05, 0) is 35.9 Å². The quantitative estimate of drug-likeness (QED) is 0.230.